The minimum atomic E-state index is -3.74. The second kappa shape index (κ2) is 7.48. The van der Waals surface area contributed by atoms with Gasteiger partial charge in [0.05, 0.1) is 17.1 Å². The molecule has 4 rings (SSSR count). The molecule has 0 aliphatic carbocycles. The molecule has 1 fully saturated rings. The Morgan fingerprint density at radius 2 is 1.83 bits per heavy atom. The summed E-state index contributed by atoms with van der Waals surface area (Å²) in [5.41, 5.74) is 2.73. The predicted molar refractivity (Wildman–Crippen MR) is 111 cm³/mol. The van der Waals surface area contributed by atoms with Crippen molar-refractivity contribution in [2.24, 2.45) is 5.92 Å². The molecule has 2 aromatic rings. The van der Waals surface area contributed by atoms with Crippen LogP contribution in [0.25, 0.3) is 0 Å². The van der Waals surface area contributed by atoms with Crippen LogP contribution in [0.5, 0.6) is 0 Å². The summed E-state index contributed by atoms with van der Waals surface area (Å²) in [7, 11) is -3.74. The molecule has 29 heavy (non-hydrogen) atoms. The summed E-state index contributed by atoms with van der Waals surface area (Å²) in [6.45, 7) is 7.66. The maximum absolute atomic E-state index is 13.5. The summed E-state index contributed by atoms with van der Waals surface area (Å²) < 4.78 is 29.9. The number of fused-ring (bicyclic) bond motifs is 1. The fourth-order valence-electron chi connectivity index (χ4n) is 4.36. The Morgan fingerprint density at radius 1 is 1.14 bits per heavy atom. The van der Waals surface area contributed by atoms with Crippen LogP contribution < -0.4 is 4.31 Å². The number of hydrogen-bond donors (Lipinski definition) is 0. The van der Waals surface area contributed by atoms with Gasteiger partial charge in [-0.05, 0) is 50.7 Å². The fourth-order valence-corrected chi connectivity index (χ4v) is 6.24. The Balaban J connectivity index is 1.60. The number of rotatable bonds is 4. The van der Waals surface area contributed by atoms with Crippen LogP contribution in [0.3, 0.4) is 0 Å². The third-order valence-corrected chi connectivity index (χ3v) is 8.20. The van der Waals surface area contributed by atoms with E-state index >= 15 is 0 Å². The number of para-hydroxylation sites is 1. The van der Waals surface area contributed by atoms with Gasteiger partial charge in [0.2, 0.25) is 5.91 Å². The van der Waals surface area contributed by atoms with E-state index in [0.29, 0.717) is 30.3 Å². The van der Waals surface area contributed by atoms with Crippen LogP contribution in [-0.4, -0.2) is 48.6 Å². The van der Waals surface area contributed by atoms with Crippen molar-refractivity contribution in [1.29, 1.82) is 0 Å². The number of likely N-dealkylation sites (tertiary alicyclic amines) is 1. The van der Waals surface area contributed by atoms with Crippen molar-refractivity contribution in [3.63, 3.8) is 0 Å². The van der Waals surface area contributed by atoms with Gasteiger partial charge in [0.1, 0.15) is 11.4 Å². The lowest BCUT2D eigenvalue weighted by atomic mass is 9.99. The number of benzene rings is 1. The van der Waals surface area contributed by atoms with Gasteiger partial charge in [-0.25, -0.2) is 8.42 Å². The maximum Gasteiger partial charge on any atom is 0.268 e. The van der Waals surface area contributed by atoms with E-state index in [0.717, 1.165) is 37.2 Å². The molecule has 0 atom stereocenters. The van der Waals surface area contributed by atoms with Crippen molar-refractivity contribution < 1.29 is 13.2 Å². The molecule has 0 bridgehead atoms. The normalized spacial score (nSPS) is 17.6. The van der Waals surface area contributed by atoms with Gasteiger partial charge in [-0.3, -0.25) is 13.8 Å². The highest BCUT2D eigenvalue weighted by atomic mass is 32.2. The van der Waals surface area contributed by atoms with E-state index in [9.17, 15) is 13.2 Å². The van der Waals surface area contributed by atoms with E-state index in [4.69, 9.17) is 0 Å². The molecular weight excluding hydrogens is 388 g/mol. The third kappa shape index (κ3) is 3.54. The first-order valence-corrected chi connectivity index (χ1v) is 11.7. The molecule has 8 heteroatoms. The number of aryl methyl sites for hydroxylation is 1. The smallest absolute Gasteiger partial charge is 0.268 e. The molecule has 3 heterocycles. The summed E-state index contributed by atoms with van der Waals surface area (Å²) in [5.74, 6) is 0.644. The number of carbonyl (C=O) groups is 1. The summed E-state index contributed by atoms with van der Waals surface area (Å²) in [6, 6.07) is 7.59. The average molecular weight is 417 g/mol. The number of piperidine rings is 1. The van der Waals surface area contributed by atoms with Crippen LogP contribution in [0, 0.1) is 19.8 Å². The standard InChI is InChI=1S/C21H28N4O3S/c1-15-8-11-23(12-9-15)20(26)14-24-17(3)21(16(2)22-24)29(27,28)25-13-10-18-6-4-5-7-19(18)25/h4-7,15H,8-14H2,1-3H3. The number of carbonyl (C=O) groups excluding carboxylic acids is 1. The van der Waals surface area contributed by atoms with Crippen molar-refractivity contribution >= 4 is 21.6 Å². The van der Waals surface area contributed by atoms with Crippen molar-refractivity contribution in [3.8, 4) is 0 Å². The Labute approximate surface area is 172 Å². The maximum atomic E-state index is 13.5. The highest BCUT2D eigenvalue weighted by Gasteiger charge is 2.35. The molecule has 1 aromatic carbocycles. The van der Waals surface area contributed by atoms with Crippen molar-refractivity contribution in [2.45, 2.75) is 51.5 Å². The van der Waals surface area contributed by atoms with Gasteiger partial charge in [0, 0.05) is 19.6 Å². The molecule has 156 valence electrons. The fraction of sp³-hybridized carbons (Fsp3) is 0.524. The van der Waals surface area contributed by atoms with E-state index in [1.54, 1.807) is 18.5 Å². The molecule has 2 aliphatic rings. The molecule has 0 unspecified atom stereocenters. The monoisotopic (exact) mass is 416 g/mol. The van der Waals surface area contributed by atoms with Gasteiger partial charge in [-0.2, -0.15) is 5.10 Å². The zero-order valence-corrected chi connectivity index (χ0v) is 18.1. The Bertz CT molecular complexity index is 1040. The molecule has 7 nitrogen and oxygen atoms in total. The lowest BCUT2D eigenvalue weighted by molar-refractivity contribution is -0.133. The number of nitrogens with zero attached hydrogens (tertiary/aromatic N) is 4. The summed E-state index contributed by atoms with van der Waals surface area (Å²) in [6.07, 6.45) is 2.72. The highest BCUT2D eigenvalue weighted by Crippen LogP contribution is 2.34. The van der Waals surface area contributed by atoms with Crippen LogP contribution in [0.15, 0.2) is 29.2 Å². The number of aromatic nitrogens is 2. The van der Waals surface area contributed by atoms with E-state index in [1.165, 1.54) is 4.31 Å². The van der Waals surface area contributed by atoms with Crippen molar-refractivity contribution in [2.75, 3.05) is 23.9 Å². The highest BCUT2D eigenvalue weighted by molar-refractivity contribution is 7.93. The molecule has 1 amide bonds. The molecule has 0 spiro atoms. The van der Waals surface area contributed by atoms with Crippen LogP contribution in [0.4, 0.5) is 5.69 Å². The SMILES string of the molecule is Cc1nn(CC(=O)N2CCC(C)CC2)c(C)c1S(=O)(=O)N1CCc2ccccc21. The van der Waals surface area contributed by atoms with E-state index in [-0.39, 0.29) is 17.3 Å². The first-order chi connectivity index (χ1) is 13.8. The van der Waals surface area contributed by atoms with Gasteiger partial charge >= 0.3 is 0 Å². The Kier molecular flexibility index (Phi) is 5.14. The topological polar surface area (TPSA) is 75.5 Å². The van der Waals surface area contributed by atoms with E-state index in [2.05, 4.69) is 12.0 Å². The Morgan fingerprint density at radius 3 is 2.55 bits per heavy atom. The zero-order valence-electron chi connectivity index (χ0n) is 17.3. The lowest BCUT2D eigenvalue weighted by Crippen LogP contribution is -2.40. The van der Waals surface area contributed by atoms with Gasteiger partial charge in [0.25, 0.3) is 10.0 Å². The average Bonchev–Trinajstić information content (AvgIpc) is 3.24. The number of amides is 1. The number of anilines is 1. The quantitative estimate of drug-likeness (QED) is 0.768. The number of hydrogen-bond acceptors (Lipinski definition) is 4. The predicted octanol–water partition coefficient (Wildman–Crippen LogP) is 2.51. The third-order valence-electron chi connectivity index (χ3n) is 6.13. The van der Waals surface area contributed by atoms with E-state index < -0.39 is 10.0 Å². The molecule has 0 N–H and O–H groups in total. The van der Waals surface area contributed by atoms with Gasteiger partial charge in [-0.15, -0.1) is 0 Å². The van der Waals surface area contributed by atoms with Crippen LogP contribution in [0.2, 0.25) is 0 Å². The minimum Gasteiger partial charge on any atom is -0.341 e. The second-order valence-electron chi connectivity index (χ2n) is 8.18. The summed E-state index contributed by atoms with van der Waals surface area (Å²) >= 11 is 0. The van der Waals surface area contributed by atoms with E-state index in [1.807, 2.05) is 29.2 Å². The summed E-state index contributed by atoms with van der Waals surface area (Å²) in [5, 5.41) is 4.42. The minimum absolute atomic E-state index is 0.00188. The molecule has 1 aromatic heterocycles. The van der Waals surface area contributed by atoms with Gasteiger partial charge in [0.15, 0.2) is 0 Å². The lowest BCUT2D eigenvalue weighted by Gasteiger charge is -2.30. The molecule has 1 saturated heterocycles. The van der Waals surface area contributed by atoms with Gasteiger partial charge < -0.3 is 4.90 Å². The van der Waals surface area contributed by atoms with Gasteiger partial charge in [-0.1, -0.05) is 25.1 Å². The first kappa shape index (κ1) is 19.9. The molecule has 2 aliphatic heterocycles. The number of sulfonamides is 1. The largest absolute Gasteiger partial charge is 0.341 e. The van der Waals surface area contributed by atoms with Crippen LogP contribution >= 0.6 is 0 Å². The molecule has 0 saturated carbocycles. The van der Waals surface area contributed by atoms with Crippen LogP contribution in [0.1, 0.15) is 36.7 Å². The zero-order chi connectivity index (χ0) is 20.8. The van der Waals surface area contributed by atoms with Crippen LogP contribution in [-0.2, 0) is 27.8 Å². The van der Waals surface area contributed by atoms with Crippen molar-refractivity contribution in [3.05, 3.63) is 41.2 Å². The summed E-state index contributed by atoms with van der Waals surface area (Å²) in [4.78, 5) is 14.8. The van der Waals surface area contributed by atoms with Crippen molar-refractivity contribution in [1.82, 2.24) is 14.7 Å². The molecular formula is C21H28N4O3S. The Hall–Kier alpha value is -2.35. The first-order valence-electron chi connectivity index (χ1n) is 10.2. The second-order valence-corrected chi connectivity index (χ2v) is 9.98. The molecule has 0 radical (unpaired) electrons.